The van der Waals surface area contributed by atoms with Gasteiger partial charge in [0.15, 0.2) is 0 Å². The number of morpholine rings is 1. The van der Waals surface area contributed by atoms with Gasteiger partial charge < -0.3 is 20.3 Å². The van der Waals surface area contributed by atoms with Gasteiger partial charge in [0, 0.05) is 32.2 Å². The third kappa shape index (κ3) is 6.70. The number of amides is 1. The zero-order chi connectivity index (χ0) is 13.7. The standard InChI is InChI=1S/C14H27N3O2.2ClH/c1-11(2)17-6-3-4-12(10-17)8-16-14(18)13-9-15-5-7-19-13;;/h11-13,15H,3-10H2,1-2H3,(H,16,18);2*1H. The van der Waals surface area contributed by atoms with Crippen LogP contribution in [0.5, 0.6) is 0 Å². The maximum atomic E-state index is 12.0. The molecule has 0 saturated carbocycles. The molecular weight excluding hydrogens is 313 g/mol. The number of rotatable bonds is 4. The minimum absolute atomic E-state index is 0. The van der Waals surface area contributed by atoms with Crippen molar-refractivity contribution in [3.63, 3.8) is 0 Å². The van der Waals surface area contributed by atoms with E-state index in [-0.39, 0.29) is 36.8 Å². The monoisotopic (exact) mass is 341 g/mol. The molecule has 1 amide bonds. The van der Waals surface area contributed by atoms with Gasteiger partial charge in [0.1, 0.15) is 6.10 Å². The van der Waals surface area contributed by atoms with Crippen LogP contribution in [0, 0.1) is 5.92 Å². The quantitative estimate of drug-likeness (QED) is 0.802. The molecule has 0 spiro atoms. The highest BCUT2D eigenvalue weighted by Gasteiger charge is 2.25. The first-order valence-electron chi connectivity index (χ1n) is 7.51. The molecule has 2 unspecified atom stereocenters. The lowest BCUT2D eigenvalue weighted by molar-refractivity contribution is -0.134. The van der Waals surface area contributed by atoms with E-state index in [1.54, 1.807) is 0 Å². The molecule has 7 heteroatoms. The van der Waals surface area contributed by atoms with E-state index >= 15 is 0 Å². The molecule has 21 heavy (non-hydrogen) atoms. The van der Waals surface area contributed by atoms with E-state index in [0.717, 1.165) is 19.6 Å². The first kappa shape index (κ1) is 20.9. The van der Waals surface area contributed by atoms with Gasteiger partial charge in [0.05, 0.1) is 6.61 Å². The molecule has 2 heterocycles. The fourth-order valence-corrected chi connectivity index (χ4v) is 2.83. The molecule has 2 aliphatic rings. The Morgan fingerprint density at radius 2 is 2.19 bits per heavy atom. The number of hydrogen-bond donors (Lipinski definition) is 2. The van der Waals surface area contributed by atoms with Gasteiger partial charge in [-0.3, -0.25) is 4.79 Å². The van der Waals surface area contributed by atoms with E-state index in [1.807, 2.05) is 0 Å². The van der Waals surface area contributed by atoms with E-state index in [9.17, 15) is 4.79 Å². The van der Waals surface area contributed by atoms with Crippen molar-refractivity contribution in [1.82, 2.24) is 15.5 Å². The number of carbonyl (C=O) groups is 1. The summed E-state index contributed by atoms with van der Waals surface area (Å²) < 4.78 is 5.45. The molecule has 0 aromatic heterocycles. The van der Waals surface area contributed by atoms with Crippen LogP contribution in [0.1, 0.15) is 26.7 Å². The lowest BCUT2D eigenvalue weighted by Crippen LogP contribution is -2.50. The Kier molecular flexibility index (Phi) is 10.6. The number of nitrogens with one attached hydrogen (secondary N) is 2. The molecule has 0 aromatic carbocycles. The number of piperidine rings is 1. The second kappa shape index (κ2) is 10.6. The summed E-state index contributed by atoms with van der Waals surface area (Å²) in [5.41, 5.74) is 0. The molecule has 2 rings (SSSR count). The molecular formula is C14H29Cl2N3O2. The summed E-state index contributed by atoms with van der Waals surface area (Å²) in [5, 5.41) is 6.23. The second-order valence-corrected chi connectivity index (χ2v) is 5.91. The summed E-state index contributed by atoms with van der Waals surface area (Å²) in [6.07, 6.45) is 2.14. The Labute approximate surface area is 140 Å². The fraction of sp³-hybridized carbons (Fsp3) is 0.929. The van der Waals surface area contributed by atoms with Crippen molar-refractivity contribution in [2.75, 3.05) is 39.3 Å². The molecule has 0 aromatic rings. The molecule has 2 aliphatic heterocycles. The highest BCUT2D eigenvalue weighted by molar-refractivity contribution is 5.85. The Bertz CT molecular complexity index is 300. The SMILES string of the molecule is CC(C)N1CCCC(CNC(=O)C2CNCCO2)C1.Cl.Cl. The van der Waals surface area contributed by atoms with Gasteiger partial charge in [-0.15, -0.1) is 24.8 Å². The predicted molar refractivity (Wildman–Crippen MR) is 89.5 cm³/mol. The van der Waals surface area contributed by atoms with Crippen LogP contribution in [0.15, 0.2) is 0 Å². The predicted octanol–water partition coefficient (Wildman–Crippen LogP) is 1.05. The summed E-state index contributed by atoms with van der Waals surface area (Å²) in [6.45, 7) is 9.65. The summed E-state index contributed by atoms with van der Waals surface area (Å²) >= 11 is 0. The van der Waals surface area contributed by atoms with Crippen molar-refractivity contribution in [2.45, 2.75) is 38.8 Å². The highest BCUT2D eigenvalue weighted by atomic mass is 35.5. The summed E-state index contributed by atoms with van der Waals surface area (Å²) in [7, 11) is 0. The maximum absolute atomic E-state index is 12.0. The minimum atomic E-state index is -0.307. The van der Waals surface area contributed by atoms with Crippen LogP contribution >= 0.6 is 24.8 Å². The number of hydrogen-bond acceptors (Lipinski definition) is 4. The van der Waals surface area contributed by atoms with Crippen LogP contribution in [0.4, 0.5) is 0 Å². The van der Waals surface area contributed by atoms with Gasteiger partial charge >= 0.3 is 0 Å². The largest absolute Gasteiger partial charge is 0.366 e. The van der Waals surface area contributed by atoms with Crippen LogP contribution < -0.4 is 10.6 Å². The van der Waals surface area contributed by atoms with Crippen molar-refractivity contribution in [3.05, 3.63) is 0 Å². The van der Waals surface area contributed by atoms with Gasteiger partial charge in [-0.05, 0) is 39.2 Å². The average Bonchev–Trinajstić information content (AvgIpc) is 2.46. The first-order chi connectivity index (χ1) is 9.16. The van der Waals surface area contributed by atoms with Crippen molar-refractivity contribution in [3.8, 4) is 0 Å². The van der Waals surface area contributed by atoms with E-state index in [4.69, 9.17) is 4.74 Å². The van der Waals surface area contributed by atoms with Gasteiger partial charge in [0.2, 0.25) is 5.91 Å². The molecule has 2 atom stereocenters. The molecule has 2 saturated heterocycles. The molecule has 0 aliphatic carbocycles. The summed E-state index contributed by atoms with van der Waals surface area (Å²) in [4.78, 5) is 14.5. The van der Waals surface area contributed by atoms with E-state index < -0.39 is 0 Å². The zero-order valence-electron chi connectivity index (χ0n) is 13.0. The first-order valence-corrected chi connectivity index (χ1v) is 7.51. The number of likely N-dealkylation sites (tertiary alicyclic amines) is 1. The smallest absolute Gasteiger partial charge is 0.250 e. The third-order valence-electron chi connectivity index (χ3n) is 4.07. The van der Waals surface area contributed by atoms with Gasteiger partial charge in [0.25, 0.3) is 0 Å². The Morgan fingerprint density at radius 3 is 2.81 bits per heavy atom. The van der Waals surface area contributed by atoms with Gasteiger partial charge in [-0.2, -0.15) is 0 Å². The number of ether oxygens (including phenoxy) is 1. The summed E-state index contributed by atoms with van der Waals surface area (Å²) in [5.74, 6) is 0.616. The Morgan fingerprint density at radius 1 is 1.43 bits per heavy atom. The van der Waals surface area contributed by atoms with E-state index in [1.165, 1.54) is 19.4 Å². The van der Waals surface area contributed by atoms with Gasteiger partial charge in [-0.1, -0.05) is 0 Å². The van der Waals surface area contributed by atoms with E-state index in [0.29, 0.717) is 25.1 Å². The average molecular weight is 342 g/mol. The van der Waals surface area contributed by atoms with Crippen molar-refractivity contribution in [1.29, 1.82) is 0 Å². The topological polar surface area (TPSA) is 53.6 Å². The van der Waals surface area contributed by atoms with Crippen molar-refractivity contribution >= 4 is 30.7 Å². The van der Waals surface area contributed by atoms with Gasteiger partial charge in [-0.25, -0.2) is 0 Å². The van der Waals surface area contributed by atoms with E-state index in [2.05, 4.69) is 29.4 Å². The maximum Gasteiger partial charge on any atom is 0.250 e. The van der Waals surface area contributed by atoms with Crippen molar-refractivity contribution < 1.29 is 9.53 Å². The third-order valence-corrected chi connectivity index (χ3v) is 4.07. The molecule has 0 radical (unpaired) electrons. The normalized spacial score (nSPS) is 26.6. The molecule has 126 valence electrons. The molecule has 2 fully saturated rings. The Balaban J connectivity index is 0.00000200. The van der Waals surface area contributed by atoms with Crippen molar-refractivity contribution in [2.24, 2.45) is 5.92 Å². The van der Waals surface area contributed by atoms with Crippen LogP contribution in [-0.2, 0) is 9.53 Å². The molecule has 2 N–H and O–H groups in total. The second-order valence-electron chi connectivity index (χ2n) is 5.91. The minimum Gasteiger partial charge on any atom is -0.366 e. The number of halogens is 2. The number of nitrogens with zero attached hydrogens (tertiary/aromatic N) is 1. The van der Waals surface area contributed by atoms with Crippen LogP contribution in [0.2, 0.25) is 0 Å². The fourth-order valence-electron chi connectivity index (χ4n) is 2.83. The Hall–Kier alpha value is -0.0700. The zero-order valence-corrected chi connectivity index (χ0v) is 14.6. The lowest BCUT2D eigenvalue weighted by atomic mass is 9.97. The van der Waals surface area contributed by atoms with Crippen LogP contribution in [0.25, 0.3) is 0 Å². The summed E-state index contributed by atoms with van der Waals surface area (Å²) in [6, 6.07) is 0.601. The van der Waals surface area contributed by atoms with Crippen LogP contribution in [-0.4, -0.2) is 62.3 Å². The highest BCUT2D eigenvalue weighted by Crippen LogP contribution is 2.17. The number of carbonyl (C=O) groups excluding carboxylic acids is 1. The lowest BCUT2D eigenvalue weighted by Gasteiger charge is -2.35. The molecule has 5 nitrogen and oxygen atoms in total. The van der Waals surface area contributed by atoms with Crippen LogP contribution in [0.3, 0.4) is 0 Å². The molecule has 0 bridgehead atoms.